The predicted molar refractivity (Wildman–Crippen MR) is 90.6 cm³/mol. The molecule has 0 radical (unpaired) electrons. The minimum atomic E-state index is -4.55. The summed E-state index contributed by atoms with van der Waals surface area (Å²) in [7, 11) is -4.55. The number of para-hydroxylation sites is 1. The number of rotatable bonds is 5. The number of carbonyl (C=O) groups is 2. The minimum absolute atomic E-state index is 0.0597. The quantitative estimate of drug-likeness (QED) is 0.795. The molecule has 1 aliphatic heterocycles. The van der Waals surface area contributed by atoms with Crippen LogP contribution in [0.5, 0.6) is 0 Å². The Morgan fingerprint density at radius 1 is 1.04 bits per heavy atom. The first-order chi connectivity index (χ1) is 12.4. The van der Waals surface area contributed by atoms with E-state index in [1.807, 2.05) is 0 Å². The highest BCUT2D eigenvalue weighted by Crippen LogP contribution is 2.27. The van der Waals surface area contributed by atoms with Crippen LogP contribution in [-0.2, 0) is 19.5 Å². The van der Waals surface area contributed by atoms with E-state index >= 15 is 0 Å². The van der Waals surface area contributed by atoms with Crippen LogP contribution >= 0.6 is 0 Å². The number of hydrogen-bond acceptors (Lipinski definition) is 6. The molecule has 136 valence electrons. The average molecular weight is 377 g/mol. The molecule has 0 aliphatic carbocycles. The highest BCUT2D eigenvalue weighted by atomic mass is 32.2. The molecule has 2 aromatic rings. The van der Waals surface area contributed by atoms with Crippen molar-refractivity contribution in [3.05, 3.63) is 60.2 Å². The minimum Gasteiger partial charge on any atom is -0.464 e. The van der Waals surface area contributed by atoms with Gasteiger partial charge in [0.15, 0.2) is 0 Å². The summed E-state index contributed by atoms with van der Waals surface area (Å²) in [5.74, 6) is -0.851. The first kappa shape index (κ1) is 17.9. The van der Waals surface area contributed by atoms with Crippen LogP contribution in [0.4, 0.5) is 10.5 Å². The van der Waals surface area contributed by atoms with Gasteiger partial charge < -0.3 is 14.6 Å². The maximum Gasteiger partial charge on any atom is 0.426 e. The van der Waals surface area contributed by atoms with Crippen molar-refractivity contribution in [3.8, 4) is 0 Å². The summed E-state index contributed by atoms with van der Waals surface area (Å²) >= 11 is 0. The van der Waals surface area contributed by atoms with E-state index in [2.05, 4.69) is 0 Å². The van der Waals surface area contributed by atoms with Gasteiger partial charge in [-0.1, -0.05) is 30.3 Å². The molecule has 0 bridgehead atoms. The summed E-state index contributed by atoms with van der Waals surface area (Å²) in [5.41, 5.74) is -0.294. The normalized spacial score (nSPS) is 14.3. The number of hydrogen-bond donors (Lipinski definition) is 1. The third-order valence-corrected chi connectivity index (χ3v) is 5.43. The Bertz CT molecular complexity index is 923. The third kappa shape index (κ3) is 3.39. The smallest absolute Gasteiger partial charge is 0.426 e. The van der Waals surface area contributed by atoms with Gasteiger partial charge in [0.05, 0.1) is 24.5 Å². The van der Waals surface area contributed by atoms with Gasteiger partial charge in [0, 0.05) is 0 Å². The topological polar surface area (TPSA) is 110 Å². The first-order valence-electron chi connectivity index (χ1n) is 7.62. The van der Waals surface area contributed by atoms with Crippen LogP contribution in [0.15, 0.2) is 59.5 Å². The maximum absolute atomic E-state index is 13.0. The Balaban J connectivity index is 2.03. The lowest BCUT2D eigenvalue weighted by atomic mass is 10.2. The lowest BCUT2D eigenvalue weighted by molar-refractivity contribution is -0.103. The largest absolute Gasteiger partial charge is 0.464 e. The zero-order valence-electron chi connectivity index (χ0n) is 13.4. The molecule has 1 N–H and O–H groups in total. The number of carboxylic acid groups (broad SMARTS) is 1. The number of sulfonamides is 1. The van der Waals surface area contributed by atoms with Crippen molar-refractivity contribution >= 4 is 27.8 Å². The van der Waals surface area contributed by atoms with Crippen molar-refractivity contribution in [2.45, 2.75) is 11.0 Å². The molecule has 0 aromatic heterocycles. The van der Waals surface area contributed by atoms with Crippen LogP contribution in [0, 0.1) is 0 Å². The molecule has 1 amide bonds. The summed E-state index contributed by atoms with van der Waals surface area (Å²) in [6.07, 6.45) is -2.13. The van der Waals surface area contributed by atoms with E-state index in [0.29, 0.717) is 0 Å². The molecule has 1 fully saturated rings. The average Bonchev–Trinajstić information content (AvgIpc) is 2.58. The number of ether oxygens (including phenoxy) is 2. The molecule has 0 unspecified atom stereocenters. The summed E-state index contributed by atoms with van der Waals surface area (Å²) in [6.45, 7) is 0.484. The van der Waals surface area contributed by atoms with Gasteiger partial charge in [-0.05, 0) is 24.3 Å². The third-order valence-electron chi connectivity index (χ3n) is 3.67. The second-order valence-electron chi connectivity index (χ2n) is 5.45. The summed E-state index contributed by atoms with van der Waals surface area (Å²) < 4.78 is 36.3. The molecule has 0 atom stereocenters. The lowest BCUT2D eigenvalue weighted by Crippen LogP contribution is -2.39. The number of nitrogens with zero attached hydrogens (tertiary/aromatic N) is 1. The lowest BCUT2D eigenvalue weighted by Gasteiger charge is -2.26. The van der Waals surface area contributed by atoms with Crippen LogP contribution in [-0.4, -0.2) is 44.9 Å². The molecular weight excluding hydrogens is 362 g/mol. The Labute approximate surface area is 149 Å². The zero-order chi connectivity index (χ0) is 18.7. The van der Waals surface area contributed by atoms with Gasteiger partial charge >= 0.3 is 12.1 Å². The maximum atomic E-state index is 13.0. The van der Waals surface area contributed by atoms with E-state index in [0.717, 1.165) is 0 Å². The fourth-order valence-electron chi connectivity index (χ4n) is 2.37. The molecule has 9 heteroatoms. The Kier molecular flexibility index (Phi) is 4.92. The first-order valence-corrected chi connectivity index (χ1v) is 9.06. The van der Waals surface area contributed by atoms with E-state index in [1.165, 1.54) is 48.5 Å². The molecule has 1 saturated heterocycles. The van der Waals surface area contributed by atoms with Crippen molar-refractivity contribution in [1.29, 1.82) is 0 Å². The molecule has 2 aromatic carbocycles. The molecule has 0 saturated carbocycles. The number of benzene rings is 2. The van der Waals surface area contributed by atoms with E-state index < -0.39 is 33.1 Å². The highest BCUT2D eigenvalue weighted by Gasteiger charge is 2.35. The van der Waals surface area contributed by atoms with E-state index in [1.54, 1.807) is 6.07 Å². The van der Waals surface area contributed by atoms with E-state index in [9.17, 15) is 23.1 Å². The van der Waals surface area contributed by atoms with Crippen LogP contribution in [0.3, 0.4) is 0 Å². The number of esters is 1. The Morgan fingerprint density at radius 2 is 1.65 bits per heavy atom. The van der Waals surface area contributed by atoms with Gasteiger partial charge in [0.2, 0.25) is 0 Å². The van der Waals surface area contributed by atoms with Gasteiger partial charge in [-0.3, -0.25) is 0 Å². The summed E-state index contributed by atoms with van der Waals surface area (Å²) in [6, 6.07) is 12.7. The van der Waals surface area contributed by atoms with Crippen LogP contribution in [0.1, 0.15) is 10.4 Å². The molecule has 8 nitrogen and oxygen atoms in total. The molecule has 3 rings (SSSR count). The summed E-state index contributed by atoms with van der Waals surface area (Å²) in [5, 5.41) is 9.46. The van der Waals surface area contributed by atoms with Gasteiger partial charge in [-0.2, -0.15) is 4.31 Å². The van der Waals surface area contributed by atoms with Crippen LogP contribution in [0.2, 0.25) is 0 Å². The monoisotopic (exact) mass is 377 g/mol. The molecule has 1 aliphatic rings. The fraction of sp³-hybridized carbons (Fsp3) is 0.176. The second kappa shape index (κ2) is 7.14. The standard InChI is InChI=1S/C17H15NO7S/c19-16(25-13-10-24-11-13)14-8-4-5-9-15(14)26(22,23)18(17(20)21)12-6-2-1-3-7-12/h1-9,13H,10-11H2,(H,20,21). The van der Waals surface area contributed by atoms with Gasteiger partial charge in [-0.15, -0.1) is 0 Å². The summed E-state index contributed by atoms with van der Waals surface area (Å²) in [4.78, 5) is 23.5. The Hall–Kier alpha value is -2.91. The van der Waals surface area contributed by atoms with Crippen molar-refractivity contribution in [2.75, 3.05) is 17.5 Å². The number of anilines is 1. The predicted octanol–water partition coefficient (Wildman–Crippen LogP) is 2.12. The van der Waals surface area contributed by atoms with E-state index in [-0.39, 0.29) is 28.8 Å². The van der Waals surface area contributed by atoms with Gasteiger partial charge in [0.1, 0.15) is 11.0 Å². The number of carbonyl (C=O) groups excluding carboxylic acids is 1. The van der Waals surface area contributed by atoms with E-state index in [4.69, 9.17) is 9.47 Å². The van der Waals surface area contributed by atoms with Crippen molar-refractivity contribution in [3.63, 3.8) is 0 Å². The molecule has 0 spiro atoms. The SMILES string of the molecule is O=C(OC1COC1)c1ccccc1S(=O)(=O)N(C(=O)O)c1ccccc1. The van der Waals surface area contributed by atoms with Gasteiger partial charge in [0.25, 0.3) is 10.0 Å². The van der Waals surface area contributed by atoms with Crippen LogP contribution in [0.25, 0.3) is 0 Å². The zero-order valence-corrected chi connectivity index (χ0v) is 14.3. The Morgan fingerprint density at radius 3 is 2.23 bits per heavy atom. The van der Waals surface area contributed by atoms with Gasteiger partial charge in [-0.25, -0.2) is 18.0 Å². The fourth-order valence-corrected chi connectivity index (χ4v) is 3.85. The van der Waals surface area contributed by atoms with Crippen LogP contribution < -0.4 is 4.31 Å². The molecule has 1 heterocycles. The second-order valence-corrected chi connectivity index (χ2v) is 7.20. The van der Waals surface area contributed by atoms with Crippen molar-refractivity contribution in [2.24, 2.45) is 0 Å². The van der Waals surface area contributed by atoms with Crippen molar-refractivity contribution in [1.82, 2.24) is 0 Å². The number of amides is 1. The molecule has 26 heavy (non-hydrogen) atoms. The molecular formula is C17H15NO7S. The van der Waals surface area contributed by atoms with Crippen molar-refractivity contribution < 1.29 is 32.6 Å². The highest BCUT2D eigenvalue weighted by molar-refractivity contribution is 7.93.